The summed E-state index contributed by atoms with van der Waals surface area (Å²) in [4.78, 5) is 40.6. The lowest BCUT2D eigenvalue weighted by atomic mass is 9.94. The number of H-pyrrole nitrogens is 1. The second kappa shape index (κ2) is 5.68. The number of carbonyl (C=O) groups excluding carboxylic acids is 1. The summed E-state index contributed by atoms with van der Waals surface area (Å²) in [7, 11) is 0. The topological polar surface area (TPSA) is 90.5 Å². The largest absolute Gasteiger partial charge is 0.480 e. The predicted octanol–water partition coefficient (Wildman–Crippen LogP) is 1.99. The number of likely N-dealkylation sites (tertiary alicyclic amines) is 1. The first-order chi connectivity index (χ1) is 12.0. The number of carboxylic acids is 1. The average Bonchev–Trinajstić information content (AvgIpc) is 3.12. The molecule has 2 N–H and O–H groups in total. The first kappa shape index (κ1) is 15.8. The summed E-state index contributed by atoms with van der Waals surface area (Å²) >= 11 is 0. The number of carboxylic acid groups (broad SMARTS) is 1. The molecule has 1 aliphatic carbocycles. The molecule has 4 rings (SSSR count). The molecule has 1 amide bonds. The number of halogens is 1. The highest BCUT2D eigenvalue weighted by Gasteiger charge is 2.49. The Labute approximate surface area is 142 Å². The molecule has 2 heterocycles. The molecular weight excluding hydrogens is 327 g/mol. The van der Waals surface area contributed by atoms with Crippen molar-refractivity contribution in [1.82, 2.24) is 9.88 Å². The van der Waals surface area contributed by atoms with Gasteiger partial charge >= 0.3 is 5.97 Å². The van der Waals surface area contributed by atoms with Crippen LogP contribution in [0.4, 0.5) is 4.39 Å². The van der Waals surface area contributed by atoms with E-state index in [1.54, 1.807) is 0 Å². The molecule has 1 saturated carbocycles. The Bertz CT molecular complexity index is 938. The molecule has 2 aliphatic rings. The minimum atomic E-state index is -1.01. The first-order valence-electron chi connectivity index (χ1n) is 8.32. The lowest BCUT2D eigenvalue weighted by molar-refractivity contribution is -0.142. The van der Waals surface area contributed by atoms with Gasteiger partial charge in [0.1, 0.15) is 11.9 Å². The minimum absolute atomic E-state index is 0.0350. The van der Waals surface area contributed by atoms with E-state index in [2.05, 4.69) is 4.98 Å². The van der Waals surface area contributed by atoms with Crippen LogP contribution in [0.25, 0.3) is 10.9 Å². The van der Waals surface area contributed by atoms with Crippen molar-refractivity contribution < 1.29 is 19.1 Å². The normalized spacial score (nSPS) is 25.3. The van der Waals surface area contributed by atoms with E-state index in [4.69, 9.17) is 0 Å². The molecule has 2 aromatic rings. The Morgan fingerprint density at radius 3 is 2.80 bits per heavy atom. The van der Waals surface area contributed by atoms with Crippen LogP contribution in [-0.4, -0.2) is 39.5 Å². The molecule has 2 fully saturated rings. The van der Waals surface area contributed by atoms with Gasteiger partial charge in [0.05, 0.1) is 11.1 Å². The molecule has 1 aromatic heterocycles. The molecule has 0 spiro atoms. The van der Waals surface area contributed by atoms with Crippen molar-refractivity contribution in [1.29, 1.82) is 0 Å². The number of nitrogens with zero attached hydrogens (tertiary/aromatic N) is 1. The van der Waals surface area contributed by atoms with Gasteiger partial charge in [0.25, 0.3) is 5.91 Å². The van der Waals surface area contributed by atoms with Crippen molar-refractivity contribution in [3.63, 3.8) is 0 Å². The van der Waals surface area contributed by atoms with E-state index >= 15 is 0 Å². The quantitative estimate of drug-likeness (QED) is 0.872. The van der Waals surface area contributed by atoms with Gasteiger partial charge in [0.2, 0.25) is 5.56 Å². The van der Waals surface area contributed by atoms with E-state index in [9.17, 15) is 23.9 Å². The molecule has 130 valence electrons. The summed E-state index contributed by atoms with van der Waals surface area (Å²) in [6.45, 7) is 0.385. The smallest absolute Gasteiger partial charge is 0.326 e. The number of hydrogen-bond donors (Lipinski definition) is 2. The molecule has 1 saturated heterocycles. The molecule has 6 nitrogen and oxygen atoms in total. The summed E-state index contributed by atoms with van der Waals surface area (Å²) in [5.74, 6) is -1.86. The zero-order valence-corrected chi connectivity index (χ0v) is 13.4. The Kier molecular flexibility index (Phi) is 3.59. The van der Waals surface area contributed by atoms with E-state index in [0.29, 0.717) is 11.9 Å². The molecular formula is C18H17FN2O4. The van der Waals surface area contributed by atoms with Gasteiger partial charge in [0, 0.05) is 18.0 Å². The van der Waals surface area contributed by atoms with Gasteiger partial charge in [-0.05, 0) is 42.9 Å². The predicted molar refractivity (Wildman–Crippen MR) is 87.8 cm³/mol. The maximum atomic E-state index is 13.4. The van der Waals surface area contributed by atoms with Crippen molar-refractivity contribution >= 4 is 22.8 Å². The van der Waals surface area contributed by atoms with Crippen LogP contribution in [0.3, 0.4) is 0 Å². The molecule has 25 heavy (non-hydrogen) atoms. The summed E-state index contributed by atoms with van der Waals surface area (Å²) in [6.07, 6.45) is 2.70. The zero-order valence-electron chi connectivity index (χ0n) is 13.4. The van der Waals surface area contributed by atoms with Crippen LogP contribution >= 0.6 is 0 Å². The molecule has 1 aliphatic heterocycles. The van der Waals surface area contributed by atoms with E-state index in [-0.39, 0.29) is 22.9 Å². The van der Waals surface area contributed by atoms with Crippen molar-refractivity contribution in [3.8, 4) is 0 Å². The lowest BCUT2D eigenvalue weighted by Gasteiger charge is -2.25. The third kappa shape index (κ3) is 2.50. The third-order valence-electron chi connectivity index (χ3n) is 5.44. The van der Waals surface area contributed by atoms with Gasteiger partial charge in [-0.3, -0.25) is 9.59 Å². The molecule has 3 atom stereocenters. The average molecular weight is 344 g/mol. The Morgan fingerprint density at radius 1 is 1.24 bits per heavy atom. The molecule has 0 radical (unpaired) electrons. The standard InChI is InChI=1S/C18H17FN2O4/c19-10-4-5-12-13(7-15(22)20-14(12)6-10)17(23)21-8-9-2-1-3-11(9)16(21)18(24)25/h4-7,9,11,16H,1-3,8H2,(H,20,22)(H,24,25)/t9-,11-,16+/m1/s1. The second-order valence-electron chi connectivity index (χ2n) is 6.83. The Balaban J connectivity index is 1.80. The minimum Gasteiger partial charge on any atom is -0.480 e. The van der Waals surface area contributed by atoms with Crippen LogP contribution in [0, 0.1) is 17.7 Å². The number of aliphatic carboxylic acids is 1. The number of carbonyl (C=O) groups is 2. The fourth-order valence-corrected chi connectivity index (χ4v) is 4.39. The summed E-state index contributed by atoms with van der Waals surface area (Å²) in [5, 5.41) is 10.0. The van der Waals surface area contributed by atoms with Crippen molar-refractivity contribution in [2.45, 2.75) is 25.3 Å². The number of rotatable bonds is 2. The van der Waals surface area contributed by atoms with E-state index in [1.807, 2.05) is 0 Å². The summed E-state index contributed by atoms with van der Waals surface area (Å²) < 4.78 is 13.4. The van der Waals surface area contributed by atoms with Crippen LogP contribution in [0.1, 0.15) is 29.6 Å². The highest BCUT2D eigenvalue weighted by Crippen LogP contribution is 2.42. The number of hydrogen-bond acceptors (Lipinski definition) is 3. The number of benzene rings is 1. The number of aromatic nitrogens is 1. The van der Waals surface area contributed by atoms with Gasteiger partial charge in [-0.2, -0.15) is 0 Å². The molecule has 1 aromatic carbocycles. The first-order valence-corrected chi connectivity index (χ1v) is 8.32. The maximum absolute atomic E-state index is 13.4. The van der Waals surface area contributed by atoms with Crippen molar-refractivity contribution in [2.75, 3.05) is 6.54 Å². The summed E-state index contributed by atoms with van der Waals surface area (Å²) in [6, 6.07) is 4.09. The van der Waals surface area contributed by atoms with E-state index in [0.717, 1.165) is 31.4 Å². The second-order valence-corrected chi connectivity index (χ2v) is 6.83. The number of nitrogens with one attached hydrogen (secondary N) is 1. The fourth-order valence-electron chi connectivity index (χ4n) is 4.39. The van der Waals surface area contributed by atoms with Crippen molar-refractivity contribution in [2.24, 2.45) is 11.8 Å². The highest BCUT2D eigenvalue weighted by atomic mass is 19.1. The molecule has 0 unspecified atom stereocenters. The van der Waals surface area contributed by atoms with Crippen molar-refractivity contribution in [3.05, 3.63) is 46.0 Å². The maximum Gasteiger partial charge on any atom is 0.326 e. The Morgan fingerprint density at radius 2 is 2.04 bits per heavy atom. The number of amides is 1. The van der Waals surface area contributed by atoms with Gasteiger partial charge in [-0.15, -0.1) is 0 Å². The number of pyridine rings is 1. The monoisotopic (exact) mass is 344 g/mol. The van der Waals surface area contributed by atoms with Gasteiger partial charge in [-0.1, -0.05) is 6.42 Å². The lowest BCUT2D eigenvalue weighted by Crippen LogP contribution is -2.43. The third-order valence-corrected chi connectivity index (χ3v) is 5.44. The SMILES string of the molecule is O=C(O)[C@@H]1[C@@H]2CCC[C@@H]2CN1C(=O)c1cc(=O)[nH]c2cc(F)ccc12. The number of fused-ring (bicyclic) bond motifs is 2. The zero-order chi connectivity index (χ0) is 17.7. The van der Waals surface area contributed by atoms with Gasteiger partial charge in [0.15, 0.2) is 0 Å². The van der Waals surface area contributed by atoms with Crippen LogP contribution in [0.2, 0.25) is 0 Å². The van der Waals surface area contributed by atoms with Gasteiger partial charge in [-0.25, -0.2) is 9.18 Å². The van der Waals surface area contributed by atoms with Crippen LogP contribution < -0.4 is 5.56 Å². The Hall–Kier alpha value is -2.70. The van der Waals surface area contributed by atoms with Gasteiger partial charge < -0.3 is 15.0 Å². The van der Waals surface area contributed by atoms with E-state index in [1.165, 1.54) is 17.0 Å². The van der Waals surface area contributed by atoms with Crippen LogP contribution in [0.5, 0.6) is 0 Å². The summed E-state index contributed by atoms with van der Waals surface area (Å²) in [5.41, 5.74) is -0.181. The van der Waals surface area contributed by atoms with Crippen LogP contribution in [-0.2, 0) is 4.79 Å². The fraction of sp³-hybridized carbons (Fsp3) is 0.389. The van der Waals surface area contributed by atoms with E-state index < -0.39 is 29.3 Å². The van der Waals surface area contributed by atoms with Crippen LogP contribution in [0.15, 0.2) is 29.1 Å². The molecule has 7 heteroatoms. The highest BCUT2D eigenvalue weighted by molar-refractivity contribution is 6.07. The molecule has 0 bridgehead atoms. The number of aromatic amines is 1.